The summed E-state index contributed by atoms with van der Waals surface area (Å²) in [5.41, 5.74) is 8.76. The molecule has 0 saturated heterocycles. The van der Waals surface area contributed by atoms with Crippen LogP contribution >= 0.6 is 11.6 Å². The maximum atomic E-state index is 10.3. The zero-order valence-electron chi connectivity index (χ0n) is 12.8. The molecule has 4 nitrogen and oxygen atoms in total. The van der Waals surface area contributed by atoms with Crippen LogP contribution in [0.5, 0.6) is 5.75 Å². The van der Waals surface area contributed by atoms with Crippen LogP contribution in [0.2, 0.25) is 5.02 Å². The van der Waals surface area contributed by atoms with Gasteiger partial charge in [0, 0.05) is 16.8 Å². The molecule has 0 aliphatic carbocycles. The molecule has 22 heavy (non-hydrogen) atoms. The number of ether oxygens (including phenoxy) is 1. The van der Waals surface area contributed by atoms with Gasteiger partial charge in [0.2, 0.25) is 0 Å². The van der Waals surface area contributed by atoms with Gasteiger partial charge < -0.3 is 20.9 Å². The lowest BCUT2D eigenvalue weighted by Crippen LogP contribution is -2.18. The van der Waals surface area contributed by atoms with Crippen LogP contribution in [-0.2, 0) is 5.60 Å². The molecule has 0 bridgehead atoms. The molecule has 0 fully saturated rings. The van der Waals surface area contributed by atoms with Crippen molar-refractivity contribution < 1.29 is 9.84 Å². The number of nitrogen functional groups attached to an aromatic ring is 1. The summed E-state index contributed by atoms with van der Waals surface area (Å²) in [6.45, 7) is 5.34. The van der Waals surface area contributed by atoms with E-state index in [0.717, 1.165) is 11.3 Å². The molecule has 0 aromatic heterocycles. The Morgan fingerprint density at radius 2 is 1.91 bits per heavy atom. The molecule has 0 amide bonds. The van der Waals surface area contributed by atoms with Crippen LogP contribution < -0.4 is 15.8 Å². The van der Waals surface area contributed by atoms with Gasteiger partial charge in [0.05, 0.1) is 16.3 Å². The number of halogens is 1. The number of fused-ring (bicyclic) bond motifs is 1. The molecule has 1 heterocycles. The highest BCUT2D eigenvalue weighted by Gasteiger charge is 2.32. The summed E-state index contributed by atoms with van der Waals surface area (Å²) in [6, 6.07) is 9.83. The van der Waals surface area contributed by atoms with E-state index in [1.807, 2.05) is 31.2 Å². The second-order valence-electron chi connectivity index (χ2n) is 6.14. The van der Waals surface area contributed by atoms with Gasteiger partial charge in [-0.05, 0) is 26.8 Å². The van der Waals surface area contributed by atoms with E-state index in [2.05, 4.69) is 5.32 Å². The van der Waals surface area contributed by atoms with E-state index < -0.39 is 5.60 Å². The maximum absolute atomic E-state index is 10.3. The Hall–Kier alpha value is -1.91. The van der Waals surface area contributed by atoms with Gasteiger partial charge in [-0.1, -0.05) is 41.4 Å². The van der Waals surface area contributed by atoms with Crippen molar-refractivity contribution in [3.8, 4) is 5.75 Å². The summed E-state index contributed by atoms with van der Waals surface area (Å²) in [4.78, 5) is 0. The summed E-state index contributed by atoms with van der Waals surface area (Å²) < 4.78 is 5.94. The molecule has 2 aromatic rings. The molecule has 0 spiro atoms. The third-order valence-electron chi connectivity index (χ3n) is 3.77. The number of nitrogens with one attached hydrogen (secondary N) is 1. The van der Waals surface area contributed by atoms with Crippen molar-refractivity contribution in [3.05, 3.63) is 52.0 Å². The second-order valence-corrected chi connectivity index (χ2v) is 6.52. The Morgan fingerprint density at radius 1 is 1.27 bits per heavy atom. The first-order valence-electron chi connectivity index (χ1n) is 7.12. The predicted octanol–water partition coefficient (Wildman–Crippen LogP) is 3.96. The third kappa shape index (κ3) is 2.49. The minimum Gasteiger partial charge on any atom is -0.463 e. The lowest BCUT2D eigenvalue weighted by Gasteiger charge is -2.22. The summed E-state index contributed by atoms with van der Waals surface area (Å²) in [7, 11) is 0. The molecule has 1 atom stereocenters. The Labute approximate surface area is 134 Å². The molecule has 1 unspecified atom stereocenters. The minimum absolute atomic E-state index is 0.315. The van der Waals surface area contributed by atoms with Crippen molar-refractivity contribution >= 4 is 23.0 Å². The molecule has 1 aliphatic heterocycles. The van der Waals surface area contributed by atoms with E-state index in [-0.39, 0.29) is 6.23 Å². The van der Waals surface area contributed by atoms with E-state index in [0.29, 0.717) is 22.0 Å². The highest BCUT2D eigenvalue weighted by Crippen LogP contribution is 2.49. The van der Waals surface area contributed by atoms with Crippen molar-refractivity contribution in [2.45, 2.75) is 32.6 Å². The van der Waals surface area contributed by atoms with E-state index in [4.69, 9.17) is 22.1 Å². The van der Waals surface area contributed by atoms with Crippen LogP contribution in [-0.4, -0.2) is 5.11 Å². The Balaban J connectivity index is 2.00. The molecule has 5 heteroatoms. The number of benzene rings is 2. The van der Waals surface area contributed by atoms with E-state index in [9.17, 15) is 5.11 Å². The van der Waals surface area contributed by atoms with E-state index in [1.165, 1.54) is 5.56 Å². The number of anilines is 2. The van der Waals surface area contributed by atoms with Gasteiger partial charge in [0.25, 0.3) is 0 Å². The number of aliphatic hydroxyl groups is 1. The van der Waals surface area contributed by atoms with Gasteiger partial charge in [-0.2, -0.15) is 0 Å². The SMILES string of the molecule is Cc1ccc(C2Nc3cc(N)c(C(C)(C)O)c(Cl)c3O2)cc1. The van der Waals surface area contributed by atoms with Crippen LogP contribution in [0.3, 0.4) is 0 Å². The number of hydrogen-bond donors (Lipinski definition) is 3. The number of hydrogen-bond acceptors (Lipinski definition) is 4. The standard InChI is InChI=1S/C17H19ClN2O2/c1-9-4-6-10(7-5-9)16-20-12-8-11(19)13(17(2,3)21)14(18)15(12)22-16/h4-8,16,20-21H,19H2,1-3H3. The van der Waals surface area contributed by atoms with Crippen LogP contribution in [0.1, 0.15) is 36.8 Å². The lowest BCUT2D eigenvalue weighted by atomic mass is 9.95. The van der Waals surface area contributed by atoms with Gasteiger partial charge in [0.15, 0.2) is 12.0 Å². The fourth-order valence-electron chi connectivity index (χ4n) is 2.68. The van der Waals surface area contributed by atoms with Crippen LogP contribution in [0.15, 0.2) is 30.3 Å². The first-order valence-corrected chi connectivity index (χ1v) is 7.50. The highest BCUT2D eigenvalue weighted by molar-refractivity contribution is 6.34. The maximum Gasteiger partial charge on any atom is 0.196 e. The zero-order chi connectivity index (χ0) is 16.1. The fraction of sp³-hybridized carbons (Fsp3) is 0.294. The molecular formula is C17H19ClN2O2. The third-order valence-corrected chi connectivity index (χ3v) is 4.13. The number of rotatable bonds is 2. The van der Waals surface area contributed by atoms with Crippen LogP contribution in [0.25, 0.3) is 0 Å². The van der Waals surface area contributed by atoms with Gasteiger partial charge in [-0.15, -0.1) is 0 Å². The molecule has 116 valence electrons. The molecule has 4 N–H and O–H groups in total. The molecule has 0 radical (unpaired) electrons. The van der Waals surface area contributed by atoms with Crippen LogP contribution in [0.4, 0.5) is 11.4 Å². The molecular weight excluding hydrogens is 300 g/mol. The monoisotopic (exact) mass is 318 g/mol. The molecule has 0 saturated carbocycles. The van der Waals surface area contributed by atoms with E-state index >= 15 is 0 Å². The minimum atomic E-state index is -1.14. The average Bonchev–Trinajstić information content (AvgIpc) is 2.82. The quantitative estimate of drug-likeness (QED) is 0.733. The molecule has 1 aliphatic rings. The fourth-order valence-corrected chi connectivity index (χ4v) is 3.16. The van der Waals surface area contributed by atoms with Crippen molar-refractivity contribution in [1.82, 2.24) is 0 Å². The number of nitrogens with two attached hydrogens (primary N) is 1. The number of aryl methyl sites for hydroxylation is 1. The Kier molecular flexibility index (Phi) is 3.46. The van der Waals surface area contributed by atoms with Gasteiger partial charge in [-0.25, -0.2) is 0 Å². The predicted molar refractivity (Wildman–Crippen MR) is 89.3 cm³/mol. The zero-order valence-corrected chi connectivity index (χ0v) is 13.5. The van der Waals surface area contributed by atoms with E-state index in [1.54, 1.807) is 19.9 Å². The van der Waals surface area contributed by atoms with Gasteiger partial charge in [0.1, 0.15) is 0 Å². The topological polar surface area (TPSA) is 67.5 Å². The normalized spacial score (nSPS) is 16.9. The van der Waals surface area contributed by atoms with Gasteiger partial charge >= 0.3 is 0 Å². The van der Waals surface area contributed by atoms with Crippen LogP contribution in [0, 0.1) is 6.92 Å². The Morgan fingerprint density at radius 3 is 2.50 bits per heavy atom. The summed E-state index contributed by atoms with van der Waals surface area (Å²) in [5, 5.41) is 13.9. The summed E-state index contributed by atoms with van der Waals surface area (Å²) in [6.07, 6.45) is -0.315. The largest absolute Gasteiger partial charge is 0.463 e. The highest BCUT2D eigenvalue weighted by atomic mass is 35.5. The van der Waals surface area contributed by atoms with Crippen molar-refractivity contribution in [3.63, 3.8) is 0 Å². The smallest absolute Gasteiger partial charge is 0.196 e. The second kappa shape index (κ2) is 5.07. The first kappa shape index (κ1) is 15.0. The summed E-state index contributed by atoms with van der Waals surface area (Å²) in [5.74, 6) is 0.526. The molecule has 2 aromatic carbocycles. The Bertz CT molecular complexity index is 721. The average molecular weight is 319 g/mol. The van der Waals surface area contributed by atoms with Gasteiger partial charge in [-0.3, -0.25) is 0 Å². The van der Waals surface area contributed by atoms with Crippen molar-refractivity contribution in [2.24, 2.45) is 0 Å². The molecule has 3 rings (SSSR count). The van der Waals surface area contributed by atoms with Crippen molar-refractivity contribution in [1.29, 1.82) is 0 Å². The summed E-state index contributed by atoms with van der Waals surface area (Å²) >= 11 is 6.42. The first-order chi connectivity index (χ1) is 10.3. The lowest BCUT2D eigenvalue weighted by molar-refractivity contribution is 0.0792. The van der Waals surface area contributed by atoms with Crippen molar-refractivity contribution in [2.75, 3.05) is 11.1 Å².